The molecular weight excluding hydrogens is 470 g/mol. The first-order valence-electron chi connectivity index (χ1n) is 11.3. The Morgan fingerprint density at radius 2 is 1.97 bits per heavy atom. The molecule has 10 nitrogen and oxygen atoms in total. The number of hydrogen-bond acceptors (Lipinski definition) is 9. The number of hydrogen-bond donors (Lipinski definition) is 1. The lowest BCUT2D eigenvalue weighted by Gasteiger charge is -2.10. The first-order chi connectivity index (χ1) is 16.9. The van der Waals surface area contributed by atoms with E-state index in [9.17, 15) is 4.79 Å². The molecule has 0 fully saturated rings. The summed E-state index contributed by atoms with van der Waals surface area (Å²) in [5, 5.41) is 13.4. The number of ether oxygens (including phenoxy) is 2. The van der Waals surface area contributed by atoms with Crippen LogP contribution in [0.4, 0.5) is 5.69 Å². The van der Waals surface area contributed by atoms with E-state index in [-0.39, 0.29) is 19.2 Å². The molecule has 0 unspecified atom stereocenters. The van der Waals surface area contributed by atoms with Crippen molar-refractivity contribution in [2.75, 3.05) is 18.5 Å². The summed E-state index contributed by atoms with van der Waals surface area (Å²) in [7, 11) is 0. The molecular formula is C24H26ClN7O3. The molecule has 35 heavy (non-hydrogen) atoms. The van der Waals surface area contributed by atoms with Crippen LogP contribution < -0.4 is 10.1 Å². The predicted octanol–water partition coefficient (Wildman–Crippen LogP) is 4.14. The van der Waals surface area contributed by atoms with Crippen LogP contribution in [0.25, 0.3) is 10.9 Å². The van der Waals surface area contributed by atoms with Crippen LogP contribution in [-0.2, 0) is 17.9 Å². The number of benzene rings is 1. The van der Waals surface area contributed by atoms with Crippen molar-refractivity contribution in [3.05, 3.63) is 64.3 Å². The average molecular weight is 496 g/mol. The molecule has 3 aromatic heterocycles. The summed E-state index contributed by atoms with van der Waals surface area (Å²) >= 11 is 6.06. The Bertz CT molecular complexity index is 1320. The number of nitrogens with zero attached hydrogens (tertiary/aromatic N) is 6. The zero-order valence-electron chi connectivity index (χ0n) is 19.8. The van der Waals surface area contributed by atoms with Gasteiger partial charge < -0.3 is 14.8 Å². The molecule has 0 spiro atoms. The maximum absolute atomic E-state index is 12.1. The van der Waals surface area contributed by atoms with Crippen molar-refractivity contribution >= 4 is 34.2 Å². The van der Waals surface area contributed by atoms with E-state index in [1.165, 1.54) is 0 Å². The number of nitrogens with one attached hydrogen (secondary N) is 1. The minimum absolute atomic E-state index is 0.168. The third-order valence-corrected chi connectivity index (χ3v) is 5.48. The average Bonchev–Trinajstić information content (AvgIpc) is 3.28. The Morgan fingerprint density at radius 1 is 1.17 bits per heavy atom. The van der Waals surface area contributed by atoms with Gasteiger partial charge in [0.1, 0.15) is 17.9 Å². The number of carbonyl (C=O) groups is 1. The first kappa shape index (κ1) is 24.3. The predicted molar refractivity (Wildman–Crippen MR) is 132 cm³/mol. The maximum atomic E-state index is 12.1. The minimum Gasteiger partial charge on any atom is -0.462 e. The summed E-state index contributed by atoms with van der Waals surface area (Å²) in [6.45, 7) is 7.11. The summed E-state index contributed by atoms with van der Waals surface area (Å²) < 4.78 is 12.5. The van der Waals surface area contributed by atoms with Gasteiger partial charge in [0, 0.05) is 35.4 Å². The van der Waals surface area contributed by atoms with Crippen LogP contribution in [0.15, 0.2) is 36.7 Å². The SMILES string of the molecule is CCOC(=O)c1c(C)nc(OCc2cn(CCCNc3ccnc4cc(Cl)ccc34)nn2)nc1C. The summed E-state index contributed by atoms with van der Waals surface area (Å²) in [6.07, 6.45) is 4.44. The molecule has 0 aliphatic heterocycles. The number of aryl methyl sites for hydroxylation is 3. The molecule has 0 aliphatic carbocycles. The minimum atomic E-state index is -0.437. The summed E-state index contributed by atoms with van der Waals surface area (Å²) in [5.74, 6) is -0.437. The molecule has 1 aromatic carbocycles. The Morgan fingerprint density at radius 3 is 2.74 bits per heavy atom. The number of rotatable bonds is 10. The Hall–Kier alpha value is -3.79. The van der Waals surface area contributed by atoms with Gasteiger partial charge in [0.25, 0.3) is 0 Å². The van der Waals surface area contributed by atoms with Gasteiger partial charge in [-0.05, 0) is 51.5 Å². The van der Waals surface area contributed by atoms with E-state index in [0.717, 1.165) is 29.6 Å². The van der Waals surface area contributed by atoms with Gasteiger partial charge in [0.2, 0.25) is 0 Å². The van der Waals surface area contributed by atoms with Gasteiger partial charge in [-0.1, -0.05) is 16.8 Å². The number of halogens is 1. The number of fused-ring (bicyclic) bond motifs is 1. The molecule has 182 valence electrons. The molecule has 0 saturated carbocycles. The van der Waals surface area contributed by atoms with Gasteiger partial charge in [-0.15, -0.1) is 5.10 Å². The molecule has 0 aliphatic rings. The highest BCUT2D eigenvalue weighted by Gasteiger charge is 2.18. The van der Waals surface area contributed by atoms with E-state index in [2.05, 4.69) is 30.6 Å². The zero-order valence-corrected chi connectivity index (χ0v) is 20.5. The second kappa shape index (κ2) is 11.1. The lowest BCUT2D eigenvalue weighted by molar-refractivity contribution is 0.0523. The molecule has 0 bridgehead atoms. The molecule has 0 radical (unpaired) electrons. The summed E-state index contributed by atoms with van der Waals surface area (Å²) in [6, 6.07) is 7.80. The first-order valence-corrected chi connectivity index (χ1v) is 11.6. The quantitative estimate of drug-likeness (QED) is 0.256. The van der Waals surface area contributed by atoms with Crippen molar-refractivity contribution in [1.29, 1.82) is 0 Å². The van der Waals surface area contributed by atoms with Crippen LogP contribution in [0.2, 0.25) is 5.02 Å². The molecule has 0 saturated heterocycles. The van der Waals surface area contributed by atoms with E-state index in [0.29, 0.717) is 34.2 Å². The number of aromatic nitrogens is 6. The highest BCUT2D eigenvalue weighted by Crippen LogP contribution is 2.24. The van der Waals surface area contributed by atoms with Crippen LogP contribution in [0, 0.1) is 13.8 Å². The second-order valence-electron chi connectivity index (χ2n) is 7.83. The van der Waals surface area contributed by atoms with Crippen LogP contribution in [0.5, 0.6) is 6.01 Å². The second-order valence-corrected chi connectivity index (χ2v) is 8.27. The standard InChI is InChI=1S/C24H26ClN7O3/c1-4-34-23(33)22-15(2)28-24(29-16(22)3)35-14-18-13-32(31-30-18)11-5-9-26-20-8-10-27-21-12-17(25)6-7-19(20)21/h6-8,10,12-13H,4-5,9,11,14H2,1-3H3,(H,26,27). The van der Waals surface area contributed by atoms with Crippen molar-refractivity contribution in [2.24, 2.45) is 0 Å². The molecule has 0 atom stereocenters. The van der Waals surface area contributed by atoms with Crippen molar-refractivity contribution < 1.29 is 14.3 Å². The van der Waals surface area contributed by atoms with Crippen molar-refractivity contribution in [3.8, 4) is 6.01 Å². The number of anilines is 1. The lowest BCUT2D eigenvalue weighted by Crippen LogP contribution is -2.13. The van der Waals surface area contributed by atoms with Gasteiger partial charge in [-0.2, -0.15) is 9.97 Å². The number of carbonyl (C=O) groups excluding carboxylic acids is 1. The van der Waals surface area contributed by atoms with E-state index in [1.54, 1.807) is 31.6 Å². The Balaban J connectivity index is 1.28. The Kier molecular flexibility index (Phi) is 7.71. The number of pyridine rings is 1. The molecule has 0 amide bonds. The van der Waals surface area contributed by atoms with E-state index < -0.39 is 5.97 Å². The van der Waals surface area contributed by atoms with Gasteiger partial charge in [-0.3, -0.25) is 9.67 Å². The fraction of sp³-hybridized carbons (Fsp3) is 0.333. The van der Waals surface area contributed by atoms with Crippen LogP contribution in [0.1, 0.15) is 40.8 Å². The number of esters is 1. The third kappa shape index (κ3) is 6.02. The van der Waals surface area contributed by atoms with Crippen LogP contribution >= 0.6 is 11.6 Å². The fourth-order valence-electron chi connectivity index (χ4n) is 3.64. The van der Waals surface area contributed by atoms with Crippen LogP contribution in [0.3, 0.4) is 0 Å². The van der Waals surface area contributed by atoms with Crippen LogP contribution in [-0.4, -0.2) is 49.1 Å². The van der Waals surface area contributed by atoms with Crippen molar-refractivity contribution in [2.45, 2.75) is 40.3 Å². The topological polar surface area (TPSA) is 117 Å². The zero-order chi connectivity index (χ0) is 24.8. The van der Waals surface area contributed by atoms with E-state index in [1.807, 2.05) is 30.5 Å². The van der Waals surface area contributed by atoms with Gasteiger partial charge >= 0.3 is 12.0 Å². The molecule has 11 heteroatoms. The fourth-order valence-corrected chi connectivity index (χ4v) is 3.81. The van der Waals surface area contributed by atoms with E-state index >= 15 is 0 Å². The highest BCUT2D eigenvalue weighted by molar-refractivity contribution is 6.31. The van der Waals surface area contributed by atoms with Gasteiger partial charge in [-0.25, -0.2) is 4.79 Å². The van der Waals surface area contributed by atoms with Crippen molar-refractivity contribution in [3.63, 3.8) is 0 Å². The largest absolute Gasteiger partial charge is 0.462 e. The molecule has 4 aromatic rings. The monoisotopic (exact) mass is 495 g/mol. The summed E-state index contributed by atoms with van der Waals surface area (Å²) in [5.41, 5.74) is 3.90. The smallest absolute Gasteiger partial charge is 0.341 e. The lowest BCUT2D eigenvalue weighted by atomic mass is 10.2. The van der Waals surface area contributed by atoms with E-state index in [4.69, 9.17) is 21.1 Å². The van der Waals surface area contributed by atoms with Crippen molar-refractivity contribution in [1.82, 2.24) is 29.9 Å². The highest BCUT2D eigenvalue weighted by atomic mass is 35.5. The molecule has 3 heterocycles. The van der Waals surface area contributed by atoms with Gasteiger partial charge in [0.15, 0.2) is 0 Å². The Labute approximate surface area is 207 Å². The molecule has 1 N–H and O–H groups in total. The normalized spacial score (nSPS) is 11.0. The summed E-state index contributed by atoms with van der Waals surface area (Å²) in [4.78, 5) is 25.0. The van der Waals surface area contributed by atoms with Gasteiger partial charge in [0.05, 0.1) is 29.7 Å². The maximum Gasteiger partial charge on any atom is 0.341 e. The third-order valence-electron chi connectivity index (χ3n) is 5.25. The molecule has 4 rings (SSSR count).